The van der Waals surface area contributed by atoms with Crippen LogP contribution < -0.4 is 10.2 Å². The van der Waals surface area contributed by atoms with Crippen molar-refractivity contribution in [1.82, 2.24) is 14.8 Å². The number of piperidine rings is 1. The monoisotopic (exact) mass is 514 g/mol. The molecule has 1 aliphatic heterocycles. The Morgan fingerprint density at radius 1 is 1.24 bits per heavy atom. The van der Waals surface area contributed by atoms with Crippen molar-refractivity contribution in [2.45, 2.75) is 57.6 Å². The largest absolute Gasteiger partial charge is 0.481 e. The van der Waals surface area contributed by atoms with Crippen LogP contribution in [-0.4, -0.2) is 44.5 Å². The van der Waals surface area contributed by atoms with Crippen LogP contribution in [-0.2, 0) is 9.53 Å². The number of hydrogen-bond donors (Lipinski definition) is 2. The van der Waals surface area contributed by atoms with E-state index in [-0.39, 0.29) is 29.3 Å². The summed E-state index contributed by atoms with van der Waals surface area (Å²) >= 11 is 0. The average molecular weight is 515 g/mol. The Kier molecular flexibility index (Phi) is 7.01. The van der Waals surface area contributed by atoms with Gasteiger partial charge in [-0.15, -0.1) is 5.10 Å². The van der Waals surface area contributed by atoms with Crippen molar-refractivity contribution < 1.29 is 19.4 Å². The highest BCUT2D eigenvalue weighted by molar-refractivity contribution is 5.85. The molecule has 0 bridgehead atoms. The van der Waals surface area contributed by atoms with E-state index in [0.29, 0.717) is 5.69 Å². The summed E-state index contributed by atoms with van der Waals surface area (Å²) < 4.78 is 6.93. The first-order valence-electron chi connectivity index (χ1n) is 12.9. The molecule has 10 nitrogen and oxygen atoms in total. The molecule has 3 aromatic rings. The molecule has 1 saturated carbocycles. The van der Waals surface area contributed by atoms with Crippen LogP contribution in [0.25, 0.3) is 5.69 Å². The predicted molar refractivity (Wildman–Crippen MR) is 140 cm³/mol. The molecule has 1 aliphatic carbocycles. The summed E-state index contributed by atoms with van der Waals surface area (Å²) in [6.07, 6.45) is 7.20. The topological polar surface area (TPSA) is 133 Å². The summed E-state index contributed by atoms with van der Waals surface area (Å²) in [6.45, 7) is 2.61. The zero-order valence-corrected chi connectivity index (χ0v) is 21.2. The normalized spacial score (nSPS) is 18.7. The van der Waals surface area contributed by atoms with Crippen LogP contribution in [0, 0.1) is 16.7 Å². The van der Waals surface area contributed by atoms with Gasteiger partial charge < -0.3 is 14.7 Å². The summed E-state index contributed by atoms with van der Waals surface area (Å²) in [5.74, 6) is 0.160. The molecule has 2 N–H and O–H groups in total. The lowest BCUT2D eigenvalue weighted by atomic mass is 9.85. The fourth-order valence-corrected chi connectivity index (χ4v) is 5.37. The number of carboxylic acid groups (broad SMARTS) is 1. The van der Waals surface area contributed by atoms with Crippen molar-refractivity contribution in [1.29, 1.82) is 5.26 Å². The SMILES string of the molecule is CC(OC(=O)Nc1nn(-c2ccc(N3CCCCC3C3(CC(=O)O)CC3)nc2)cc1C#N)c1ccccc1. The highest BCUT2D eigenvalue weighted by Gasteiger charge is 2.53. The van der Waals surface area contributed by atoms with Gasteiger partial charge in [0.2, 0.25) is 0 Å². The summed E-state index contributed by atoms with van der Waals surface area (Å²) in [6, 6.07) is 15.3. The molecule has 10 heteroatoms. The summed E-state index contributed by atoms with van der Waals surface area (Å²) in [5, 5.41) is 26.0. The number of carbonyl (C=O) groups is 2. The van der Waals surface area contributed by atoms with E-state index in [9.17, 15) is 20.0 Å². The van der Waals surface area contributed by atoms with Crippen molar-refractivity contribution in [2.24, 2.45) is 5.41 Å². The van der Waals surface area contributed by atoms with Crippen LogP contribution in [0.4, 0.5) is 16.4 Å². The van der Waals surface area contributed by atoms with Gasteiger partial charge in [0.25, 0.3) is 0 Å². The Hall–Kier alpha value is -4.39. The number of ether oxygens (including phenoxy) is 1. The number of benzene rings is 1. The number of nitriles is 1. The third kappa shape index (κ3) is 5.32. The van der Waals surface area contributed by atoms with Crippen molar-refractivity contribution >= 4 is 23.7 Å². The first-order chi connectivity index (χ1) is 18.4. The lowest BCUT2D eigenvalue weighted by Crippen LogP contribution is -2.46. The van der Waals surface area contributed by atoms with E-state index in [1.165, 1.54) is 10.9 Å². The van der Waals surface area contributed by atoms with Crippen LogP contribution in [0.15, 0.2) is 54.9 Å². The van der Waals surface area contributed by atoms with Crippen LogP contribution >= 0.6 is 0 Å². The molecule has 0 spiro atoms. The van der Waals surface area contributed by atoms with Gasteiger partial charge in [-0.25, -0.2) is 14.5 Å². The number of anilines is 2. The fourth-order valence-electron chi connectivity index (χ4n) is 5.37. The van der Waals surface area contributed by atoms with Gasteiger partial charge in [0, 0.05) is 18.0 Å². The van der Waals surface area contributed by atoms with E-state index in [1.807, 2.05) is 42.5 Å². The highest BCUT2D eigenvalue weighted by Crippen LogP contribution is 2.55. The molecule has 0 radical (unpaired) electrons. The van der Waals surface area contributed by atoms with Gasteiger partial charge in [-0.3, -0.25) is 10.1 Å². The third-order valence-corrected chi connectivity index (χ3v) is 7.50. The Labute approximate surface area is 220 Å². The molecule has 1 amide bonds. The number of pyridine rings is 1. The van der Waals surface area contributed by atoms with E-state index in [4.69, 9.17) is 4.74 Å². The lowest BCUT2D eigenvalue weighted by molar-refractivity contribution is -0.138. The summed E-state index contributed by atoms with van der Waals surface area (Å²) in [5.41, 5.74) is 1.51. The highest BCUT2D eigenvalue weighted by atomic mass is 16.6. The quantitative estimate of drug-likeness (QED) is 0.426. The number of nitrogens with zero attached hydrogens (tertiary/aromatic N) is 5. The minimum Gasteiger partial charge on any atom is -0.481 e. The number of aliphatic carboxylic acids is 1. The Morgan fingerprint density at radius 3 is 2.68 bits per heavy atom. The molecule has 3 heterocycles. The molecular formula is C28H30N6O4. The van der Waals surface area contributed by atoms with Gasteiger partial charge in [0.15, 0.2) is 5.82 Å². The van der Waals surface area contributed by atoms with Crippen LogP contribution in [0.3, 0.4) is 0 Å². The second kappa shape index (κ2) is 10.5. The first-order valence-corrected chi connectivity index (χ1v) is 12.9. The van der Waals surface area contributed by atoms with E-state index in [0.717, 1.165) is 50.0 Å². The maximum absolute atomic E-state index is 12.5. The molecule has 1 saturated heterocycles. The maximum Gasteiger partial charge on any atom is 0.413 e. The van der Waals surface area contributed by atoms with E-state index >= 15 is 0 Å². The van der Waals surface area contributed by atoms with Crippen molar-refractivity contribution in [2.75, 3.05) is 16.8 Å². The molecule has 196 valence electrons. The molecule has 2 atom stereocenters. The van der Waals surface area contributed by atoms with Crippen molar-refractivity contribution in [3.63, 3.8) is 0 Å². The molecule has 2 aliphatic rings. The molecule has 2 fully saturated rings. The second-order valence-electron chi connectivity index (χ2n) is 10.0. The number of carbonyl (C=O) groups excluding carboxylic acids is 1. The van der Waals surface area contributed by atoms with Gasteiger partial charge in [-0.1, -0.05) is 30.3 Å². The minimum absolute atomic E-state index is 0.0993. The fraction of sp³-hybridized carbons (Fsp3) is 0.393. The number of aromatic nitrogens is 3. The van der Waals surface area contributed by atoms with Gasteiger partial charge in [0.1, 0.15) is 23.6 Å². The Bertz CT molecular complexity index is 1340. The molecule has 5 rings (SSSR count). The maximum atomic E-state index is 12.5. The number of carboxylic acids is 1. The Morgan fingerprint density at radius 2 is 2.03 bits per heavy atom. The van der Waals surface area contributed by atoms with E-state index in [2.05, 4.69) is 26.4 Å². The van der Waals surface area contributed by atoms with Gasteiger partial charge in [-0.05, 0) is 56.7 Å². The summed E-state index contributed by atoms with van der Waals surface area (Å²) in [7, 11) is 0. The first kappa shape index (κ1) is 25.3. The predicted octanol–water partition coefficient (Wildman–Crippen LogP) is 5.06. The molecule has 1 aromatic carbocycles. The smallest absolute Gasteiger partial charge is 0.413 e. The average Bonchev–Trinajstić information content (AvgIpc) is 3.59. The zero-order valence-electron chi connectivity index (χ0n) is 21.2. The number of nitrogens with one attached hydrogen (secondary N) is 1. The van der Waals surface area contributed by atoms with E-state index < -0.39 is 18.2 Å². The van der Waals surface area contributed by atoms with Crippen molar-refractivity contribution in [3.05, 3.63) is 66.0 Å². The lowest BCUT2D eigenvalue weighted by Gasteiger charge is -2.41. The van der Waals surface area contributed by atoms with E-state index in [1.54, 1.807) is 13.1 Å². The van der Waals surface area contributed by atoms with Gasteiger partial charge in [-0.2, -0.15) is 5.26 Å². The molecule has 2 unspecified atom stereocenters. The van der Waals surface area contributed by atoms with Crippen LogP contribution in [0.5, 0.6) is 0 Å². The third-order valence-electron chi connectivity index (χ3n) is 7.50. The second-order valence-corrected chi connectivity index (χ2v) is 10.0. The van der Waals surface area contributed by atoms with Gasteiger partial charge >= 0.3 is 12.1 Å². The molecule has 2 aromatic heterocycles. The number of hydrogen-bond acceptors (Lipinski definition) is 7. The minimum atomic E-state index is -0.744. The Balaban J connectivity index is 1.29. The molecule has 38 heavy (non-hydrogen) atoms. The molecular weight excluding hydrogens is 484 g/mol. The number of amides is 1. The number of rotatable bonds is 8. The zero-order chi connectivity index (χ0) is 26.7. The van der Waals surface area contributed by atoms with Gasteiger partial charge in [0.05, 0.1) is 24.5 Å². The van der Waals surface area contributed by atoms with Crippen molar-refractivity contribution in [3.8, 4) is 11.8 Å². The summed E-state index contributed by atoms with van der Waals surface area (Å²) in [4.78, 5) is 30.9. The van der Waals surface area contributed by atoms with Crippen LogP contribution in [0.1, 0.15) is 62.7 Å². The standard InChI is InChI=1S/C28H30N6O4/c1-19(20-7-3-2-4-8-20)38-27(37)31-26-21(16-29)18-34(32-26)22-10-11-24(30-17-22)33-14-6-5-9-23(33)28(12-13-28)15-25(35)36/h2-4,7-8,10-11,17-19,23H,5-6,9,12-15H2,1H3,(H,35,36)(H,31,32,37). The van der Waals surface area contributed by atoms with Crippen LogP contribution in [0.2, 0.25) is 0 Å².